The van der Waals surface area contributed by atoms with Crippen LogP contribution in [0, 0.1) is 5.92 Å². The summed E-state index contributed by atoms with van der Waals surface area (Å²) in [7, 11) is 0. The number of ether oxygens (including phenoxy) is 2. The van der Waals surface area contributed by atoms with Crippen LogP contribution in [0.25, 0.3) is 6.08 Å². The number of benzene rings is 1. The maximum absolute atomic E-state index is 13.0. The van der Waals surface area contributed by atoms with E-state index < -0.39 is 6.29 Å². The lowest BCUT2D eigenvalue weighted by atomic mass is 10.2. The van der Waals surface area contributed by atoms with E-state index in [4.69, 9.17) is 0 Å². The highest BCUT2D eigenvalue weighted by Gasteiger charge is 2.43. The molecule has 0 aromatic heterocycles. The number of rotatable bonds is 4. The molecule has 2 fully saturated rings. The number of nitrogens with zero attached hydrogens (tertiary/aromatic N) is 2. The summed E-state index contributed by atoms with van der Waals surface area (Å²) in [6.45, 7) is 4.03. The van der Waals surface area contributed by atoms with Crippen LogP contribution in [0.5, 0.6) is 11.5 Å². The first-order valence-electron chi connectivity index (χ1n) is 8.58. The van der Waals surface area contributed by atoms with Gasteiger partial charge in [-0.15, -0.1) is 8.78 Å². The minimum absolute atomic E-state index is 0.0543. The first-order chi connectivity index (χ1) is 12.0. The van der Waals surface area contributed by atoms with Gasteiger partial charge in [-0.25, -0.2) is 0 Å². The molecule has 1 aromatic carbocycles. The van der Waals surface area contributed by atoms with Crippen molar-refractivity contribution >= 4 is 12.0 Å². The second kappa shape index (κ2) is 6.29. The minimum Gasteiger partial charge on any atom is -0.395 e. The van der Waals surface area contributed by atoms with Crippen molar-refractivity contribution in [3.63, 3.8) is 0 Å². The molecule has 1 amide bonds. The summed E-state index contributed by atoms with van der Waals surface area (Å²) in [5.74, 6) is 0.704. The van der Waals surface area contributed by atoms with Gasteiger partial charge in [0.05, 0.1) is 0 Å². The first kappa shape index (κ1) is 16.3. The van der Waals surface area contributed by atoms with Crippen LogP contribution in [0.2, 0.25) is 0 Å². The molecule has 134 valence electrons. The monoisotopic (exact) mass is 350 g/mol. The Morgan fingerprint density at radius 1 is 1.16 bits per heavy atom. The van der Waals surface area contributed by atoms with Crippen molar-refractivity contribution < 1.29 is 23.0 Å². The fourth-order valence-electron chi connectivity index (χ4n) is 3.15. The van der Waals surface area contributed by atoms with Gasteiger partial charge in [-0.05, 0) is 30.5 Å². The number of amides is 1. The maximum atomic E-state index is 13.0. The topological polar surface area (TPSA) is 42.0 Å². The molecule has 1 saturated carbocycles. The summed E-state index contributed by atoms with van der Waals surface area (Å²) in [5, 5.41) is 0. The Hall–Kier alpha value is -2.15. The number of carbonyl (C=O) groups excluding carboxylic acids is 1. The molecule has 1 aromatic rings. The van der Waals surface area contributed by atoms with Gasteiger partial charge < -0.3 is 14.4 Å². The number of hydrogen-bond acceptors (Lipinski definition) is 4. The van der Waals surface area contributed by atoms with Crippen LogP contribution in [0.4, 0.5) is 8.78 Å². The van der Waals surface area contributed by atoms with E-state index in [9.17, 15) is 13.6 Å². The van der Waals surface area contributed by atoms with Gasteiger partial charge in [-0.1, -0.05) is 18.2 Å². The van der Waals surface area contributed by atoms with Crippen molar-refractivity contribution in [1.29, 1.82) is 0 Å². The summed E-state index contributed by atoms with van der Waals surface area (Å²) < 4.78 is 34.8. The zero-order valence-corrected chi connectivity index (χ0v) is 13.8. The minimum atomic E-state index is -3.58. The average Bonchev–Trinajstić information content (AvgIpc) is 3.37. The molecule has 1 saturated heterocycles. The van der Waals surface area contributed by atoms with Gasteiger partial charge in [0.2, 0.25) is 5.91 Å². The van der Waals surface area contributed by atoms with Crippen molar-refractivity contribution in [2.24, 2.45) is 5.92 Å². The Morgan fingerprint density at radius 2 is 1.88 bits per heavy atom. The average molecular weight is 350 g/mol. The molecule has 0 spiro atoms. The zero-order chi connectivity index (χ0) is 17.4. The number of piperazine rings is 1. The lowest BCUT2D eigenvalue weighted by Crippen LogP contribution is -2.49. The summed E-state index contributed by atoms with van der Waals surface area (Å²) >= 11 is 0. The number of alkyl halides is 2. The number of carbonyl (C=O) groups is 1. The van der Waals surface area contributed by atoms with Gasteiger partial charge in [-0.3, -0.25) is 9.69 Å². The molecule has 7 heteroatoms. The molecule has 3 aliphatic rings. The number of fused-ring (bicyclic) bond motifs is 1. The second-order valence-corrected chi connectivity index (χ2v) is 6.68. The molecular formula is C18H20F2N2O3. The van der Waals surface area contributed by atoms with Gasteiger partial charge in [0, 0.05) is 38.6 Å². The fourth-order valence-corrected chi connectivity index (χ4v) is 3.15. The van der Waals surface area contributed by atoms with Crippen LogP contribution in [-0.2, 0) is 4.79 Å². The standard InChI is InChI=1S/C18H20F2N2O3/c19-18(20)24-15-6-3-13(12-16(15)25-18)2-1-7-21-8-10-22(11-9-21)17(23)14-4-5-14/h1-3,6,12,14H,4-5,7-11H2/b2-1+. The molecule has 25 heavy (non-hydrogen) atoms. The van der Waals surface area contributed by atoms with Crippen LogP contribution in [0.1, 0.15) is 18.4 Å². The van der Waals surface area contributed by atoms with Crippen LogP contribution in [0.3, 0.4) is 0 Å². The molecule has 0 N–H and O–H groups in total. The highest BCUT2D eigenvalue weighted by Crippen LogP contribution is 2.41. The molecule has 0 radical (unpaired) electrons. The van der Waals surface area contributed by atoms with Gasteiger partial charge in [-0.2, -0.15) is 0 Å². The maximum Gasteiger partial charge on any atom is 0.586 e. The molecule has 0 bridgehead atoms. The van der Waals surface area contributed by atoms with Crippen LogP contribution in [0.15, 0.2) is 24.3 Å². The normalized spacial score (nSPS) is 22.6. The second-order valence-electron chi connectivity index (χ2n) is 6.68. The molecule has 1 aliphatic carbocycles. The Bertz CT molecular complexity index is 696. The van der Waals surface area contributed by atoms with Crippen molar-refractivity contribution in [1.82, 2.24) is 9.80 Å². The lowest BCUT2D eigenvalue weighted by molar-refractivity contribution is -0.286. The van der Waals surface area contributed by atoms with Crippen LogP contribution in [-0.4, -0.2) is 54.7 Å². The Kier molecular flexibility index (Phi) is 4.11. The van der Waals surface area contributed by atoms with E-state index in [0.717, 1.165) is 51.1 Å². The lowest BCUT2D eigenvalue weighted by Gasteiger charge is -2.34. The highest BCUT2D eigenvalue weighted by molar-refractivity contribution is 5.81. The Labute approximate surface area is 144 Å². The number of hydrogen-bond donors (Lipinski definition) is 0. The van der Waals surface area contributed by atoms with E-state index >= 15 is 0 Å². The van der Waals surface area contributed by atoms with E-state index in [0.29, 0.717) is 5.91 Å². The van der Waals surface area contributed by atoms with Gasteiger partial charge in [0.15, 0.2) is 11.5 Å². The van der Waals surface area contributed by atoms with E-state index in [1.54, 1.807) is 12.1 Å². The van der Waals surface area contributed by atoms with Crippen molar-refractivity contribution in [3.05, 3.63) is 29.8 Å². The molecule has 0 unspecified atom stereocenters. The summed E-state index contributed by atoms with van der Waals surface area (Å²) in [4.78, 5) is 16.3. The highest BCUT2D eigenvalue weighted by atomic mass is 19.3. The summed E-state index contributed by atoms with van der Waals surface area (Å²) in [5.41, 5.74) is 0.780. The molecule has 4 rings (SSSR count). The number of halogens is 2. The van der Waals surface area contributed by atoms with E-state index in [1.165, 1.54) is 6.07 Å². The SMILES string of the molecule is O=C(C1CC1)N1CCN(C/C=C/c2ccc3c(c2)OC(F)(F)O3)CC1. The van der Waals surface area contributed by atoms with Gasteiger partial charge in [0.1, 0.15) is 0 Å². The van der Waals surface area contributed by atoms with Crippen molar-refractivity contribution in [2.75, 3.05) is 32.7 Å². The predicted molar refractivity (Wildman–Crippen MR) is 87.4 cm³/mol. The fraction of sp³-hybridized carbons (Fsp3) is 0.500. The molecule has 2 aliphatic heterocycles. The van der Waals surface area contributed by atoms with E-state index in [-0.39, 0.29) is 17.4 Å². The molecule has 2 heterocycles. The third-order valence-corrected chi connectivity index (χ3v) is 4.71. The molecule has 0 atom stereocenters. The van der Waals surface area contributed by atoms with Crippen LogP contribution >= 0.6 is 0 Å². The largest absolute Gasteiger partial charge is 0.586 e. The summed E-state index contributed by atoms with van der Waals surface area (Å²) in [6.07, 6.45) is 2.38. The Morgan fingerprint density at radius 3 is 2.60 bits per heavy atom. The third-order valence-electron chi connectivity index (χ3n) is 4.71. The third kappa shape index (κ3) is 3.76. The predicted octanol–water partition coefficient (Wildman–Crippen LogP) is 2.58. The summed E-state index contributed by atoms with van der Waals surface area (Å²) in [6, 6.07) is 4.74. The quantitative estimate of drug-likeness (QED) is 0.837. The Balaban J connectivity index is 1.27. The van der Waals surface area contributed by atoms with Crippen molar-refractivity contribution in [2.45, 2.75) is 19.1 Å². The van der Waals surface area contributed by atoms with Gasteiger partial charge >= 0.3 is 6.29 Å². The van der Waals surface area contributed by atoms with Gasteiger partial charge in [0.25, 0.3) is 0 Å². The van der Waals surface area contributed by atoms with E-state index in [2.05, 4.69) is 14.4 Å². The van der Waals surface area contributed by atoms with E-state index in [1.807, 2.05) is 17.1 Å². The van der Waals surface area contributed by atoms with Crippen LogP contribution < -0.4 is 9.47 Å². The molecule has 5 nitrogen and oxygen atoms in total. The molecular weight excluding hydrogens is 330 g/mol. The first-order valence-corrected chi connectivity index (χ1v) is 8.58. The van der Waals surface area contributed by atoms with Crippen molar-refractivity contribution in [3.8, 4) is 11.5 Å². The smallest absolute Gasteiger partial charge is 0.395 e. The zero-order valence-electron chi connectivity index (χ0n) is 13.8.